The molecular formula is C29H42N4O4. The van der Waals surface area contributed by atoms with Gasteiger partial charge in [-0.3, -0.25) is 9.59 Å². The van der Waals surface area contributed by atoms with E-state index in [1.807, 2.05) is 54.0 Å². The molecule has 2 N–H and O–H groups in total. The van der Waals surface area contributed by atoms with E-state index < -0.39 is 0 Å². The number of rotatable bonds is 10. The van der Waals surface area contributed by atoms with Gasteiger partial charge in [-0.25, -0.2) is 4.79 Å². The molecule has 3 fully saturated rings. The molecule has 3 heterocycles. The number of amides is 4. The molecule has 8 nitrogen and oxygen atoms in total. The molecule has 1 aromatic rings. The zero-order valence-electron chi connectivity index (χ0n) is 22.3. The predicted octanol–water partition coefficient (Wildman–Crippen LogP) is 3.96. The molecule has 2 atom stereocenters. The van der Waals surface area contributed by atoms with Gasteiger partial charge in [0.05, 0.1) is 12.6 Å². The van der Waals surface area contributed by atoms with Crippen molar-refractivity contribution in [2.24, 2.45) is 5.41 Å². The van der Waals surface area contributed by atoms with Gasteiger partial charge >= 0.3 is 6.03 Å². The molecule has 0 saturated carbocycles. The second-order valence-corrected chi connectivity index (χ2v) is 10.8. The van der Waals surface area contributed by atoms with Gasteiger partial charge in [0.25, 0.3) is 0 Å². The summed E-state index contributed by atoms with van der Waals surface area (Å²) >= 11 is 0. The second kappa shape index (κ2) is 12.5. The molecule has 3 aliphatic heterocycles. The van der Waals surface area contributed by atoms with Gasteiger partial charge in [0, 0.05) is 50.3 Å². The molecule has 202 valence electrons. The molecule has 0 bridgehead atoms. The Morgan fingerprint density at radius 2 is 1.78 bits per heavy atom. The fourth-order valence-corrected chi connectivity index (χ4v) is 5.87. The number of nitrogens with zero attached hydrogens (tertiary/aromatic N) is 2. The van der Waals surface area contributed by atoms with Crippen molar-refractivity contribution in [3.63, 3.8) is 0 Å². The van der Waals surface area contributed by atoms with E-state index in [0.29, 0.717) is 13.0 Å². The van der Waals surface area contributed by atoms with Crippen molar-refractivity contribution < 1.29 is 19.1 Å². The van der Waals surface area contributed by atoms with E-state index in [4.69, 9.17) is 4.74 Å². The van der Waals surface area contributed by atoms with Gasteiger partial charge in [0.15, 0.2) is 0 Å². The van der Waals surface area contributed by atoms with Crippen LogP contribution in [-0.4, -0.2) is 72.5 Å². The minimum atomic E-state index is -0.0782. The monoisotopic (exact) mass is 510 g/mol. The first-order valence-electron chi connectivity index (χ1n) is 13.9. The lowest BCUT2D eigenvalue weighted by Gasteiger charge is -2.39. The maximum Gasteiger partial charge on any atom is 0.315 e. The zero-order chi connectivity index (χ0) is 26.3. The van der Waals surface area contributed by atoms with Crippen molar-refractivity contribution >= 4 is 23.9 Å². The summed E-state index contributed by atoms with van der Waals surface area (Å²) in [7, 11) is 0. The van der Waals surface area contributed by atoms with Crippen LogP contribution in [0.25, 0.3) is 6.08 Å². The summed E-state index contributed by atoms with van der Waals surface area (Å²) in [5, 5.41) is 5.83. The van der Waals surface area contributed by atoms with E-state index >= 15 is 0 Å². The predicted molar refractivity (Wildman–Crippen MR) is 144 cm³/mol. The molecule has 3 saturated heterocycles. The van der Waals surface area contributed by atoms with E-state index in [-0.39, 0.29) is 35.3 Å². The van der Waals surface area contributed by atoms with Crippen molar-refractivity contribution in [1.82, 2.24) is 20.4 Å². The number of benzene rings is 1. The van der Waals surface area contributed by atoms with Crippen molar-refractivity contribution in [1.29, 1.82) is 0 Å². The molecule has 0 aromatic heterocycles. The Kier molecular flexibility index (Phi) is 9.11. The van der Waals surface area contributed by atoms with Gasteiger partial charge in [-0.15, -0.1) is 0 Å². The zero-order valence-corrected chi connectivity index (χ0v) is 22.3. The summed E-state index contributed by atoms with van der Waals surface area (Å²) < 4.78 is 5.65. The summed E-state index contributed by atoms with van der Waals surface area (Å²) in [5.74, 6) is 1.08. The van der Waals surface area contributed by atoms with Gasteiger partial charge < -0.3 is 25.2 Å². The molecule has 0 radical (unpaired) electrons. The minimum absolute atomic E-state index is 0.0365. The van der Waals surface area contributed by atoms with Crippen LogP contribution in [0.4, 0.5) is 4.79 Å². The minimum Gasteiger partial charge on any atom is -0.493 e. The average molecular weight is 511 g/mol. The Morgan fingerprint density at radius 1 is 1.05 bits per heavy atom. The molecule has 3 aliphatic rings. The third-order valence-corrected chi connectivity index (χ3v) is 8.24. The second-order valence-electron chi connectivity index (χ2n) is 10.8. The van der Waals surface area contributed by atoms with Crippen LogP contribution in [0.1, 0.15) is 70.8 Å². The first kappa shape index (κ1) is 27.0. The van der Waals surface area contributed by atoms with Crippen LogP contribution >= 0.6 is 0 Å². The Morgan fingerprint density at radius 3 is 2.49 bits per heavy atom. The van der Waals surface area contributed by atoms with Gasteiger partial charge in [-0.05, 0) is 63.5 Å². The number of piperidine rings is 1. The largest absolute Gasteiger partial charge is 0.493 e. The van der Waals surface area contributed by atoms with Crippen molar-refractivity contribution in [2.45, 2.75) is 77.3 Å². The van der Waals surface area contributed by atoms with Crippen LogP contribution in [0, 0.1) is 5.41 Å². The first-order valence-corrected chi connectivity index (χ1v) is 13.9. The van der Waals surface area contributed by atoms with E-state index in [1.54, 1.807) is 6.08 Å². The Bertz CT molecular complexity index is 986. The van der Waals surface area contributed by atoms with Crippen LogP contribution in [0.15, 0.2) is 30.3 Å². The summed E-state index contributed by atoms with van der Waals surface area (Å²) in [4.78, 5) is 41.0. The molecule has 4 amide bonds. The lowest BCUT2D eigenvalue weighted by atomic mass is 9.78. The van der Waals surface area contributed by atoms with Crippen LogP contribution in [0.3, 0.4) is 0 Å². The summed E-state index contributed by atoms with van der Waals surface area (Å²) in [6, 6.07) is 8.04. The molecular weight excluding hydrogens is 468 g/mol. The van der Waals surface area contributed by atoms with Crippen LogP contribution < -0.4 is 15.4 Å². The number of hydrogen-bond acceptors (Lipinski definition) is 4. The first-order chi connectivity index (χ1) is 17.9. The normalized spacial score (nSPS) is 22.9. The number of likely N-dealkylation sites (tertiary alicyclic amines) is 2. The lowest BCUT2D eigenvalue weighted by Crippen LogP contribution is -2.44. The molecule has 8 heteroatoms. The summed E-state index contributed by atoms with van der Waals surface area (Å²) in [5.41, 5.74) is 1.06. The van der Waals surface area contributed by atoms with Crippen LogP contribution in [0.5, 0.6) is 5.75 Å². The summed E-state index contributed by atoms with van der Waals surface area (Å²) in [6.45, 7) is 7.69. The van der Waals surface area contributed by atoms with Gasteiger partial charge in [0.1, 0.15) is 5.75 Å². The Hall–Kier alpha value is -3.03. The van der Waals surface area contributed by atoms with Gasteiger partial charge in [-0.2, -0.15) is 0 Å². The van der Waals surface area contributed by atoms with Gasteiger partial charge in [0.2, 0.25) is 11.8 Å². The quantitative estimate of drug-likeness (QED) is 0.368. The van der Waals surface area contributed by atoms with Crippen LogP contribution in [0.2, 0.25) is 0 Å². The van der Waals surface area contributed by atoms with E-state index in [1.165, 1.54) is 0 Å². The molecule has 1 aromatic carbocycles. The number of hydrogen-bond donors (Lipinski definition) is 2. The fourth-order valence-electron chi connectivity index (χ4n) is 5.87. The smallest absolute Gasteiger partial charge is 0.315 e. The highest BCUT2D eigenvalue weighted by atomic mass is 16.5. The number of urea groups is 1. The highest BCUT2D eigenvalue weighted by Crippen LogP contribution is 2.40. The van der Waals surface area contributed by atoms with Gasteiger partial charge in [-0.1, -0.05) is 31.0 Å². The van der Waals surface area contributed by atoms with Crippen molar-refractivity contribution in [3.05, 3.63) is 35.9 Å². The number of nitrogens with one attached hydrogen (secondary N) is 2. The highest BCUT2D eigenvalue weighted by Gasteiger charge is 2.42. The molecule has 1 spiro atoms. The van der Waals surface area contributed by atoms with E-state index in [2.05, 4.69) is 10.6 Å². The van der Waals surface area contributed by atoms with Crippen LogP contribution in [-0.2, 0) is 9.59 Å². The molecule has 0 aliphatic carbocycles. The molecule has 4 rings (SSSR count). The number of carbonyl (C=O) groups excluding carboxylic acids is 3. The number of ether oxygens (including phenoxy) is 1. The van der Waals surface area contributed by atoms with E-state index in [0.717, 1.165) is 82.4 Å². The standard InChI is InChI=1S/C29H42N4O4/c1-3-37-25-11-8-7-9-23(25)13-14-27(35)32-18-15-29(16-19-32)17-20-33(21-29)26(34)12-6-4-5-10-24-22(2)30-28(36)31-24/h7-9,11,13-14,22,24H,3-6,10,12,15-21H2,1-2H3,(H2,30,31,36)/b14-13+/t22-,24+/m0/s1. The SMILES string of the molecule is CCOc1ccccc1/C=C/C(=O)N1CCC2(CC1)CCN(C(=O)CCCCC[C@H]1NC(=O)N[C@H]1C)C2. The lowest BCUT2D eigenvalue weighted by molar-refractivity contribution is -0.132. The Labute approximate surface area is 220 Å². The fraction of sp³-hybridized carbons (Fsp3) is 0.621. The average Bonchev–Trinajstić information content (AvgIpc) is 3.45. The van der Waals surface area contributed by atoms with Crippen molar-refractivity contribution in [2.75, 3.05) is 32.8 Å². The Balaban J connectivity index is 1.16. The maximum absolute atomic E-state index is 12.8. The third-order valence-electron chi connectivity index (χ3n) is 8.24. The topological polar surface area (TPSA) is 91.0 Å². The molecule has 0 unspecified atom stereocenters. The highest BCUT2D eigenvalue weighted by molar-refractivity contribution is 5.92. The maximum atomic E-state index is 12.8. The summed E-state index contributed by atoms with van der Waals surface area (Å²) in [6.07, 6.45) is 10.9. The van der Waals surface area contributed by atoms with Crippen molar-refractivity contribution in [3.8, 4) is 5.75 Å². The van der Waals surface area contributed by atoms with E-state index in [9.17, 15) is 14.4 Å². The third kappa shape index (κ3) is 7.05. The number of unbranched alkanes of at least 4 members (excludes halogenated alkanes) is 2. The number of carbonyl (C=O) groups is 3. The molecule has 37 heavy (non-hydrogen) atoms. The number of para-hydroxylation sites is 1.